The average molecular weight is 373 g/mol. The fraction of sp³-hybridized carbons (Fsp3) is 0.438. The van der Waals surface area contributed by atoms with Gasteiger partial charge in [-0.2, -0.15) is 9.40 Å². The molecule has 26 heavy (non-hydrogen) atoms. The summed E-state index contributed by atoms with van der Waals surface area (Å²) in [6, 6.07) is 1.92. The molecule has 2 fully saturated rings. The minimum Gasteiger partial charge on any atom is -0.346 e. The predicted molar refractivity (Wildman–Crippen MR) is 95.7 cm³/mol. The molecule has 5 rings (SSSR count). The number of hydrogen-bond donors (Lipinski definition) is 2. The molecule has 1 aliphatic carbocycles. The van der Waals surface area contributed by atoms with Gasteiger partial charge in [-0.15, -0.1) is 0 Å². The van der Waals surface area contributed by atoms with Crippen molar-refractivity contribution in [3.8, 4) is 11.3 Å². The average Bonchev–Trinajstić information content (AvgIpc) is 3.16. The molecule has 0 unspecified atom stereocenters. The van der Waals surface area contributed by atoms with Gasteiger partial charge in [0.25, 0.3) is 0 Å². The van der Waals surface area contributed by atoms with Crippen molar-refractivity contribution in [3.05, 3.63) is 31.0 Å². The lowest BCUT2D eigenvalue weighted by molar-refractivity contribution is 0.0756. The van der Waals surface area contributed by atoms with Crippen LogP contribution in [0.25, 0.3) is 22.3 Å². The summed E-state index contributed by atoms with van der Waals surface area (Å²) in [7, 11) is -3.17. The van der Waals surface area contributed by atoms with E-state index in [1.165, 1.54) is 10.6 Å². The zero-order chi connectivity index (χ0) is 17.9. The topological polar surface area (TPSA) is 123 Å². The summed E-state index contributed by atoms with van der Waals surface area (Å²) in [5.41, 5.74) is 7.92. The Hall–Kier alpha value is -2.30. The van der Waals surface area contributed by atoms with E-state index in [9.17, 15) is 8.42 Å². The molecule has 0 spiro atoms. The van der Waals surface area contributed by atoms with Crippen LogP contribution >= 0.6 is 0 Å². The van der Waals surface area contributed by atoms with E-state index in [4.69, 9.17) is 5.73 Å². The summed E-state index contributed by atoms with van der Waals surface area (Å²) in [5.74, 6) is 0. The van der Waals surface area contributed by atoms with Crippen LogP contribution in [0.5, 0.6) is 0 Å². The molecule has 0 aromatic carbocycles. The predicted octanol–water partition coefficient (Wildman–Crippen LogP) is 0.283. The lowest BCUT2D eigenvalue weighted by Crippen LogP contribution is -2.67. The highest BCUT2D eigenvalue weighted by Crippen LogP contribution is 2.38. The van der Waals surface area contributed by atoms with Crippen molar-refractivity contribution in [3.63, 3.8) is 0 Å². The molecule has 9 nitrogen and oxygen atoms in total. The summed E-state index contributed by atoms with van der Waals surface area (Å²) < 4.78 is 28.1. The molecule has 4 heterocycles. The summed E-state index contributed by atoms with van der Waals surface area (Å²) in [5, 5.41) is 5.19. The molecule has 3 aromatic heterocycles. The van der Waals surface area contributed by atoms with E-state index in [2.05, 4.69) is 20.1 Å². The van der Waals surface area contributed by atoms with Gasteiger partial charge in [-0.25, -0.2) is 18.4 Å². The van der Waals surface area contributed by atoms with E-state index in [0.717, 1.165) is 35.1 Å². The zero-order valence-electron chi connectivity index (χ0n) is 14.0. The van der Waals surface area contributed by atoms with Gasteiger partial charge in [0.2, 0.25) is 10.0 Å². The van der Waals surface area contributed by atoms with Crippen molar-refractivity contribution in [1.29, 1.82) is 0 Å². The maximum Gasteiger partial charge on any atom is 0.217 e. The molecule has 0 radical (unpaired) electrons. The van der Waals surface area contributed by atoms with Crippen molar-refractivity contribution in [2.75, 3.05) is 19.6 Å². The maximum atomic E-state index is 12.4. The minimum absolute atomic E-state index is 0.200. The third-order valence-electron chi connectivity index (χ3n) is 5.32. The van der Waals surface area contributed by atoms with Crippen LogP contribution in [-0.2, 0) is 15.6 Å². The van der Waals surface area contributed by atoms with Crippen molar-refractivity contribution >= 4 is 21.1 Å². The quantitative estimate of drug-likeness (QED) is 0.662. The largest absolute Gasteiger partial charge is 0.346 e. The Morgan fingerprint density at radius 3 is 2.85 bits per heavy atom. The molecule has 136 valence electrons. The third-order valence-corrected chi connectivity index (χ3v) is 7.61. The van der Waals surface area contributed by atoms with Gasteiger partial charge in [-0.1, -0.05) is 0 Å². The Balaban J connectivity index is 1.45. The van der Waals surface area contributed by atoms with E-state index < -0.39 is 15.6 Å². The monoisotopic (exact) mass is 373 g/mol. The van der Waals surface area contributed by atoms with Gasteiger partial charge in [0.1, 0.15) is 17.5 Å². The molecular formula is C16H19N7O2S. The number of nitrogens with two attached hydrogens (primary N) is 1. The van der Waals surface area contributed by atoms with Gasteiger partial charge < -0.3 is 10.7 Å². The van der Waals surface area contributed by atoms with Gasteiger partial charge in [-0.3, -0.25) is 4.68 Å². The van der Waals surface area contributed by atoms with E-state index in [1.54, 1.807) is 10.9 Å². The number of H-pyrrole nitrogens is 1. The molecule has 1 aliphatic heterocycles. The number of aromatic amines is 1. The summed E-state index contributed by atoms with van der Waals surface area (Å²) in [6.07, 6.45) is 8.49. The fourth-order valence-corrected chi connectivity index (χ4v) is 5.54. The highest BCUT2D eigenvalue weighted by Gasteiger charge is 2.53. The number of hydrogen-bond acceptors (Lipinski definition) is 6. The molecule has 1 saturated carbocycles. The lowest BCUT2D eigenvalue weighted by Gasteiger charge is -2.48. The smallest absolute Gasteiger partial charge is 0.217 e. The second-order valence-corrected chi connectivity index (χ2v) is 9.29. The first-order valence-electron chi connectivity index (χ1n) is 8.56. The van der Waals surface area contributed by atoms with Crippen LogP contribution in [0, 0.1) is 0 Å². The van der Waals surface area contributed by atoms with E-state index in [-0.39, 0.29) is 5.25 Å². The standard InChI is InChI=1S/C16H19N7O2S/c17-7-16(8-22(9-16)26(24,25)12-1-2-12)23-6-11(5-21-23)14-13-3-4-18-15(13)20-10-19-14/h3-6,10,12H,1-2,7-9,17H2,(H,18,19,20). The normalized spacial score (nSPS) is 20.3. The van der Waals surface area contributed by atoms with Crippen LogP contribution in [-0.4, -0.2) is 62.3 Å². The van der Waals surface area contributed by atoms with Gasteiger partial charge in [0, 0.05) is 43.0 Å². The number of sulfonamides is 1. The van der Waals surface area contributed by atoms with Gasteiger partial charge >= 0.3 is 0 Å². The lowest BCUT2D eigenvalue weighted by atomic mass is 9.93. The molecular weight excluding hydrogens is 354 g/mol. The summed E-state index contributed by atoms with van der Waals surface area (Å²) in [6.45, 7) is 1.06. The van der Waals surface area contributed by atoms with Gasteiger partial charge in [-0.05, 0) is 18.9 Å². The van der Waals surface area contributed by atoms with E-state index >= 15 is 0 Å². The molecule has 0 amide bonds. The van der Waals surface area contributed by atoms with E-state index in [1.807, 2.05) is 18.5 Å². The Morgan fingerprint density at radius 1 is 1.31 bits per heavy atom. The van der Waals surface area contributed by atoms with Crippen molar-refractivity contribution in [1.82, 2.24) is 29.0 Å². The summed E-state index contributed by atoms with van der Waals surface area (Å²) in [4.78, 5) is 11.6. The number of aromatic nitrogens is 5. The highest BCUT2D eigenvalue weighted by molar-refractivity contribution is 7.90. The number of fused-ring (bicyclic) bond motifs is 1. The van der Waals surface area contributed by atoms with Crippen LogP contribution in [0.15, 0.2) is 31.0 Å². The molecule has 1 saturated heterocycles. The first kappa shape index (κ1) is 15.9. The minimum atomic E-state index is -3.17. The number of rotatable bonds is 5. The highest BCUT2D eigenvalue weighted by atomic mass is 32.2. The fourth-order valence-electron chi connectivity index (χ4n) is 3.54. The Bertz CT molecular complexity index is 1080. The van der Waals surface area contributed by atoms with Crippen LogP contribution in [0.1, 0.15) is 12.8 Å². The first-order chi connectivity index (χ1) is 12.5. The van der Waals surface area contributed by atoms with Crippen LogP contribution < -0.4 is 5.73 Å². The maximum absolute atomic E-state index is 12.4. The molecule has 0 bridgehead atoms. The first-order valence-corrected chi connectivity index (χ1v) is 10.1. The Kier molecular flexibility index (Phi) is 3.27. The number of nitrogens with one attached hydrogen (secondary N) is 1. The van der Waals surface area contributed by atoms with Crippen LogP contribution in [0.2, 0.25) is 0 Å². The van der Waals surface area contributed by atoms with E-state index in [0.29, 0.717) is 19.6 Å². The summed E-state index contributed by atoms with van der Waals surface area (Å²) >= 11 is 0. The molecule has 2 aliphatic rings. The van der Waals surface area contributed by atoms with Crippen molar-refractivity contribution in [2.24, 2.45) is 5.73 Å². The van der Waals surface area contributed by atoms with Gasteiger partial charge in [0.15, 0.2) is 0 Å². The second kappa shape index (κ2) is 5.35. The molecule has 3 N–H and O–H groups in total. The Labute approximate surface area is 150 Å². The van der Waals surface area contributed by atoms with Crippen LogP contribution in [0.3, 0.4) is 0 Å². The van der Waals surface area contributed by atoms with Gasteiger partial charge in [0.05, 0.1) is 17.1 Å². The molecule has 3 aromatic rings. The third kappa shape index (κ3) is 2.22. The SMILES string of the molecule is NCC1(n2cc(-c3ncnc4[nH]ccc34)cn2)CN(S(=O)(=O)C2CC2)C1. The van der Waals surface area contributed by atoms with Crippen molar-refractivity contribution < 1.29 is 8.42 Å². The van der Waals surface area contributed by atoms with Crippen molar-refractivity contribution in [2.45, 2.75) is 23.6 Å². The molecule has 10 heteroatoms. The molecule has 0 atom stereocenters. The van der Waals surface area contributed by atoms with Crippen LogP contribution in [0.4, 0.5) is 0 Å². The second-order valence-electron chi connectivity index (χ2n) is 7.08. The Morgan fingerprint density at radius 2 is 2.12 bits per heavy atom. The zero-order valence-corrected chi connectivity index (χ0v) is 14.9. The number of nitrogens with zero attached hydrogens (tertiary/aromatic N) is 5.